The fourth-order valence-corrected chi connectivity index (χ4v) is 2.27. The summed E-state index contributed by atoms with van der Waals surface area (Å²) in [6, 6.07) is 6.54. The van der Waals surface area contributed by atoms with E-state index in [0.717, 1.165) is 36.7 Å². The molecule has 4 nitrogen and oxygen atoms in total. The maximum Gasteiger partial charge on any atom is 0.105 e. The summed E-state index contributed by atoms with van der Waals surface area (Å²) in [7, 11) is 2.07. The van der Waals surface area contributed by atoms with Gasteiger partial charge in [-0.15, -0.1) is 0 Å². The molecule has 0 fully saturated rings. The van der Waals surface area contributed by atoms with Gasteiger partial charge in [0.2, 0.25) is 0 Å². The van der Waals surface area contributed by atoms with Crippen LogP contribution in [0.2, 0.25) is 0 Å². The zero-order valence-electron chi connectivity index (χ0n) is 13.4. The zero-order chi connectivity index (χ0) is 15.2. The summed E-state index contributed by atoms with van der Waals surface area (Å²) in [6.45, 7) is 8.15. The van der Waals surface area contributed by atoms with E-state index < -0.39 is 0 Å². The van der Waals surface area contributed by atoms with E-state index in [0.29, 0.717) is 6.04 Å². The van der Waals surface area contributed by atoms with Gasteiger partial charge in [0.05, 0.1) is 23.8 Å². The lowest BCUT2D eigenvalue weighted by Crippen LogP contribution is -2.21. The van der Waals surface area contributed by atoms with Crippen molar-refractivity contribution in [3.8, 4) is 0 Å². The van der Waals surface area contributed by atoms with Crippen molar-refractivity contribution in [3.63, 3.8) is 0 Å². The molecule has 0 aliphatic rings. The molecule has 0 bridgehead atoms. The van der Waals surface area contributed by atoms with Crippen molar-refractivity contribution in [2.75, 3.05) is 18.5 Å². The van der Waals surface area contributed by atoms with Crippen LogP contribution in [0.4, 0.5) is 5.69 Å². The third kappa shape index (κ3) is 4.08. The van der Waals surface area contributed by atoms with Gasteiger partial charge in [0.15, 0.2) is 0 Å². The highest BCUT2D eigenvalue weighted by Crippen LogP contribution is 2.19. The summed E-state index contributed by atoms with van der Waals surface area (Å²) < 4.78 is 5.34. The van der Waals surface area contributed by atoms with E-state index in [1.807, 2.05) is 19.2 Å². The smallest absolute Gasteiger partial charge is 0.105 e. The van der Waals surface area contributed by atoms with Crippen LogP contribution in [0, 0.1) is 6.92 Å². The Hall–Kier alpha value is -1.81. The van der Waals surface area contributed by atoms with Crippen molar-refractivity contribution in [3.05, 3.63) is 47.7 Å². The van der Waals surface area contributed by atoms with Gasteiger partial charge < -0.3 is 14.6 Å². The summed E-state index contributed by atoms with van der Waals surface area (Å²) in [4.78, 5) is 6.76. The Morgan fingerprint density at radius 2 is 2.14 bits per heavy atom. The monoisotopic (exact) mass is 287 g/mol. The molecule has 2 aromatic heterocycles. The second-order valence-electron chi connectivity index (χ2n) is 5.48. The summed E-state index contributed by atoms with van der Waals surface area (Å²) in [5.41, 5.74) is 3.40. The third-order valence-electron chi connectivity index (χ3n) is 3.73. The van der Waals surface area contributed by atoms with Crippen LogP contribution in [-0.4, -0.2) is 18.6 Å². The van der Waals surface area contributed by atoms with Gasteiger partial charge in [-0.05, 0) is 45.0 Å². The van der Waals surface area contributed by atoms with E-state index in [9.17, 15) is 0 Å². The van der Waals surface area contributed by atoms with Gasteiger partial charge in [0.1, 0.15) is 5.76 Å². The Labute approximate surface area is 127 Å². The maximum atomic E-state index is 5.34. The molecule has 1 unspecified atom stereocenters. The molecular formula is C17H25N3O. The van der Waals surface area contributed by atoms with Crippen LogP contribution in [0.25, 0.3) is 0 Å². The Morgan fingerprint density at radius 3 is 2.71 bits per heavy atom. The first kappa shape index (κ1) is 15.6. The van der Waals surface area contributed by atoms with Gasteiger partial charge in [-0.3, -0.25) is 4.98 Å². The van der Waals surface area contributed by atoms with Gasteiger partial charge in [-0.25, -0.2) is 0 Å². The van der Waals surface area contributed by atoms with Crippen LogP contribution >= 0.6 is 0 Å². The fraction of sp³-hybridized carbons (Fsp3) is 0.471. The number of nitrogens with one attached hydrogen (secondary N) is 1. The molecule has 2 aromatic rings. The highest BCUT2D eigenvalue weighted by atomic mass is 16.3. The number of nitrogens with zero attached hydrogens (tertiary/aromatic N) is 2. The van der Waals surface area contributed by atoms with Crippen molar-refractivity contribution in [2.45, 2.75) is 39.8 Å². The molecule has 21 heavy (non-hydrogen) atoms. The Morgan fingerprint density at radius 1 is 1.33 bits per heavy atom. The molecule has 1 atom stereocenters. The van der Waals surface area contributed by atoms with Crippen LogP contribution in [0.1, 0.15) is 43.3 Å². The van der Waals surface area contributed by atoms with Gasteiger partial charge in [-0.2, -0.15) is 0 Å². The minimum absolute atomic E-state index is 0.292. The molecule has 2 rings (SSSR count). The third-order valence-corrected chi connectivity index (χ3v) is 3.73. The Kier molecular flexibility index (Phi) is 5.39. The first-order valence-corrected chi connectivity index (χ1v) is 7.55. The molecule has 0 aliphatic heterocycles. The van der Waals surface area contributed by atoms with Crippen molar-refractivity contribution < 1.29 is 4.42 Å². The van der Waals surface area contributed by atoms with Crippen molar-refractivity contribution >= 4 is 5.69 Å². The second-order valence-corrected chi connectivity index (χ2v) is 5.48. The molecule has 2 heterocycles. The van der Waals surface area contributed by atoms with E-state index in [2.05, 4.69) is 48.2 Å². The van der Waals surface area contributed by atoms with Gasteiger partial charge in [0.25, 0.3) is 0 Å². The van der Waals surface area contributed by atoms with Gasteiger partial charge >= 0.3 is 0 Å². The Balaban J connectivity index is 1.99. The first-order valence-electron chi connectivity index (χ1n) is 7.55. The number of hydrogen-bond donors (Lipinski definition) is 1. The molecule has 0 radical (unpaired) electrons. The number of aromatic nitrogens is 1. The summed E-state index contributed by atoms with van der Waals surface area (Å²) in [5, 5.41) is 3.45. The number of rotatable bonds is 7. The molecular weight excluding hydrogens is 262 g/mol. The number of anilines is 1. The van der Waals surface area contributed by atoms with E-state index in [-0.39, 0.29) is 0 Å². The second kappa shape index (κ2) is 7.27. The van der Waals surface area contributed by atoms with E-state index >= 15 is 0 Å². The molecule has 0 saturated carbocycles. The predicted molar refractivity (Wildman–Crippen MR) is 86.5 cm³/mol. The normalized spacial score (nSPS) is 12.4. The van der Waals surface area contributed by atoms with Crippen LogP contribution in [0.3, 0.4) is 0 Å². The van der Waals surface area contributed by atoms with Crippen LogP contribution < -0.4 is 10.2 Å². The van der Waals surface area contributed by atoms with E-state index in [1.165, 1.54) is 5.56 Å². The average Bonchev–Trinajstić information content (AvgIpc) is 2.90. The average molecular weight is 287 g/mol. The van der Waals surface area contributed by atoms with Crippen LogP contribution in [0.5, 0.6) is 0 Å². The van der Waals surface area contributed by atoms with Crippen molar-refractivity contribution in [1.29, 1.82) is 0 Å². The minimum atomic E-state index is 0.292. The zero-order valence-corrected chi connectivity index (χ0v) is 13.4. The molecule has 0 aliphatic carbocycles. The number of furan rings is 1. The van der Waals surface area contributed by atoms with Crippen molar-refractivity contribution in [1.82, 2.24) is 10.3 Å². The maximum absolute atomic E-state index is 5.34. The SMILES string of the molecule is CCCNC(C)c1ccc(N(C)Cc2ccoc2C)cn1. The number of pyridine rings is 1. The van der Waals surface area contributed by atoms with Gasteiger partial charge in [0, 0.05) is 25.2 Å². The lowest BCUT2D eigenvalue weighted by atomic mass is 10.2. The van der Waals surface area contributed by atoms with Gasteiger partial charge in [-0.1, -0.05) is 6.92 Å². The molecule has 0 spiro atoms. The Bertz CT molecular complexity index is 547. The molecule has 1 N–H and O–H groups in total. The highest BCUT2D eigenvalue weighted by molar-refractivity contribution is 5.44. The van der Waals surface area contributed by atoms with E-state index in [1.54, 1.807) is 6.26 Å². The topological polar surface area (TPSA) is 41.3 Å². The summed E-state index contributed by atoms with van der Waals surface area (Å²) in [5.74, 6) is 0.976. The highest BCUT2D eigenvalue weighted by Gasteiger charge is 2.09. The lowest BCUT2D eigenvalue weighted by molar-refractivity contribution is 0.529. The van der Waals surface area contributed by atoms with E-state index in [4.69, 9.17) is 4.42 Å². The number of aryl methyl sites for hydroxylation is 1. The molecule has 0 aromatic carbocycles. The molecule has 114 valence electrons. The van der Waals surface area contributed by atoms with Crippen LogP contribution in [0.15, 0.2) is 35.1 Å². The lowest BCUT2D eigenvalue weighted by Gasteiger charge is -2.20. The quantitative estimate of drug-likeness (QED) is 0.843. The fourth-order valence-electron chi connectivity index (χ4n) is 2.27. The predicted octanol–water partition coefficient (Wildman–Crippen LogP) is 3.68. The molecule has 0 saturated heterocycles. The van der Waals surface area contributed by atoms with Crippen LogP contribution in [-0.2, 0) is 6.54 Å². The number of hydrogen-bond acceptors (Lipinski definition) is 4. The molecule has 0 amide bonds. The summed E-state index contributed by atoms with van der Waals surface area (Å²) >= 11 is 0. The minimum Gasteiger partial charge on any atom is -0.469 e. The molecule has 4 heteroatoms. The summed E-state index contributed by atoms with van der Waals surface area (Å²) in [6.07, 6.45) is 4.81. The first-order chi connectivity index (χ1) is 10.1. The van der Waals surface area contributed by atoms with Crippen molar-refractivity contribution in [2.24, 2.45) is 0 Å². The standard InChI is InChI=1S/C17H25N3O/c1-5-9-18-13(2)17-7-6-16(11-19-17)20(4)12-15-8-10-21-14(15)3/h6-8,10-11,13,18H,5,9,12H2,1-4H3. The largest absolute Gasteiger partial charge is 0.469 e.